The van der Waals surface area contributed by atoms with E-state index in [9.17, 15) is 4.79 Å². The van der Waals surface area contributed by atoms with Gasteiger partial charge in [0.05, 0.1) is 0 Å². The standard InChI is InChI=1S/C20H26N4OS/c1-21-20(22-11-10-18-8-5-13-26-18)23-14-16-6-2-3-7-17(16)15-24-12-4-9-19(24)25/h2-3,5-8,13H,4,9-12,14-15H2,1H3,(H2,21,22,23). The van der Waals surface area contributed by atoms with E-state index >= 15 is 0 Å². The molecule has 2 aromatic rings. The van der Waals surface area contributed by atoms with Crippen LogP contribution in [-0.2, 0) is 24.3 Å². The summed E-state index contributed by atoms with van der Waals surface area (Å²) in [6.07, 6.45) is 2.65. The van der Waals surface area contributed by atoms with E-state index in [1.54, 1.807) is 18.4 Å². The summed E-state index contributed by atoms with van der Waals surface area (Å²) in [5.74, 6) is 1.06. The van der Waals surface area contributed by atoms with E-state index in [2.05, 4.69) is 45.3 Å². The van der Waals surface area contributed by atoms with Crippen molar-refractivity contribution in [3.63, 3.8) is 0 Å². The van der Waals surface area contributed by atoms with E-state index < -0.39 is 0 Å². The summed E-state index contributed by atoms with van der Waals surface area (Å²) in [5.41, 5.74) is 2.40. The molecule has 1 aromatic carbocycles. The number of rotatable bonds is 7. The van der Waals surface area contributed by atoms with E-state index in [0.29, 0.717) is 19.5 Å². The Bertz CT molecular complexity index is 742. The van der Waals surface area contributed by atoms with E-state index in [0.717, 1.165) is 31.9 Å². The number of nitrogens with zero attached hydrogens (tertiary/aromatic N) is 2. The van der Waals surface area contributed by atoms with Crippen molar-refractivity contribution in [2.24, 2.45) is 4.99 Å². The quantitative estimate of drug-likeness (QED) is 0.582. The van der Waals surface area contributed by atoms with Crippen LogP contribution in [0.2, 0.25) is 0 Å². The number of thiophene rings is 1. The molecule has 3 rings (SSSR count). The van der Waals surface area contributed by atoms with Crippen molar-refractivity contribution in [2.45, 2.75) is 32.4 Å². The predicted octanol–water partition coefficient (Wildman–Crippen LogP) is 2.78. The van der Waals surface area contributed by atoms with Crippen molar-refractivity contribution < 1.29 is 4.79 Å². The third kappa shape index (κ3) is 5.08. The second-order valence-electron chi connectivity index (χ2n) is 6.37. The molecule has 0 bridgehead atoms. The monoisotopic (exact) mass is 370 g/mol. The highest BCUT2D eigenvalue weighted by atomic mass is 32.1. The lowest BCUT2D eigenvalue weighted by atomic mass is 10.1. The van der Waals surface area contributed by atoms with Crippen LogP contribution in [0.25, 0.3) is 0 Å². The Morgan fingerprint density at radius 2 is 2.04 bits per heavy atom. The fourth-order valence-corrected chi connectivity index (χ4v) is 3.83. The zero-order valence-corrected chi connectivity index (χ0v) is 16.0. The average Bonchev–Trinajstić information content (AvgIpc) is 3.31. The molecule has 0 atom stereocenters. The van der Waals surface area contributed by atoms with Gasteiger partial charge in [0.1, 0.15) is 0 Å². The molecule has 5 nitrogen and oxygen atoms in total. The molecule has 1 amide bonds. The fraction of sp³-hybridized carbons (Fsp3) is 0.400. The number of likely N-dealkylation sites (tertiary alicyclic amines) is 1. The van der Waals surface area contributed by atoms with E-state index in [1.807, 2.05) is 17.0 Å². The zero-order valence-electron chi connectivity index (χ0n) is 15.2. The highest BCUT2D eigenvalue weighted by molar-refractivity contribution is 7.09. The molecule has 2 heterocycles. The van der Waals surface area contributed by atoms with Crippen LogP contribution in [0.5, 0.6) is 0 Å². The van der Waals surface area contributed by atoms with E-state index in [1.165, 1.54) is 16.0 Å². The number of carbonyl (C=O) groups excluding carboxylic acids is 1. The minimum atomic E-state index is 0.263. The molecule has 2 N–H and O–H groups in total. The van der Waals surface area contributed by atoms with Crippen molar-refractivity contribution in [2.75, 3.05) is 20.1 Å². The first-order chi connectivity index (χ1) is 12.8. The van der Waals surface area contributed by atoms with Gasteiger partial charge in [0, 0.05) is 44.5 Å². The van der Waals surface area contributed by atoms with Gasteiger partial charge in [0.15, 0.2) is 5.96 Å². The van der Waals surface area contributed by atoms with Gasteiger partial charge in [0.25, 0.3) is 0 Å². The van der Waals surface area contributed by atoms with Crippen molar-refractivity contribution >= 4 is 23.2 Å². The molecular weight excluding hydrogens is 344 g/mol. The first-order valence-electron chi connectivity index (χ1n) is 9.07. The Morgan fingerprint density at radius 3 is 2.73 bits per heavy atom. The highest BCUT2D eigenvalue weighted by Crippen LogP contribution is 2.17. The minimum absolute atomic E-state index is 0.263. The lowest BCUT2D eigenvalue weighted by molar-refractivity contribution is -0.128. The topological polar surface area (TPSA) is 56.7 Å². The van der Waals surface area contributed by atoms with Crippen molar-refractivity contribution in [3.05, 3.63) is 57.8 Å². The van der Waals surface area contributed by atoms with Crippen LogP contribution in [-0.4, -0.2) is 36.9 Å². The van der Waals surface area contributed by atoms with Gasteiger partial charge in [-0.2, -0.15) is 0 Å². The van der Waals surface area contributed by atoms with Crippen LogP contribution in [0.1, 0.15) is 28.8 Å². The Morgan fingerprint density at radius 1 is 1.19 bits per heavy atom. The van der Waals surface area contributed by atoms with Crippen LogP contribution >= 0.6 is 11.3 Å². The molecule has 1 aromatic heterocycles. The third-order valence-electron chi connectivity index (χ3n) is 4.56. The molecule has 0 radical (unpaired) electrons. The molecule has 1 aliphatic rings. The second-order valence-corrected chi connectivity index (χ2v) is 7.40. The van der Waals surface area contributed by atoms with Gasteiger partial charge < -0.3 is 15.5 Å². The van der Waals surface area contributed by atoms with Crippen molar-refractivity contribution in [1.82, 2.24) is 15.5 Å². The lowest BCUT2D eigenvalue weighted by Crippen LogP contribution is -2.38. The number of nitrogens with one attached hydrogen (secondary N) is 2. The molecule has 0 saturated carbocycles. The average molecular weight is 371 g/mol. The maximum Gasteiger partial charge on any atom is 0.222 e. The number of hydrogen-bond acceptors (Lipinski definition) is 3. The summed E-state index contributed by atoms with van der Waals surface area (Å²) in [6, 6.07) is 12.5. The SMILES string of the molecule is CN=C(NCCc1cccs1)NCc1ccccc1CN1CCCC1=O. The maximum atomic E-state index is 11.9. The number of carbonyl (C=O) groups is 1. The largest absolute Gasteiger partial charge is 0.356 e. The van der Waals surface area contributed by atoms with E-state index in [-0.39, 0.29) is 5.91 Å². The summed E-state index contributed by atoms with van der Waals surface area (Å²) in [7, 11) is 1.79. The Kier molecular flexibility index (Phi) is 6.66. The number of guanidine groups is 1. The maximum absolute atomic E-state index is 11.9. The number of amides is 1. The number of benzene rings is 1. The Balaban J connectivity index is 1.52. The van der Waals surface area contributed by atoms with Crippen LogP contribution in [0, 0.1) is 0 Å². The third-order valence-corrected chi connectivity index (χ3v) is 5.50. The first-order valence-corrected chi connectivity index (χ1v) is 9.95. The summed E-state index contributed by atoms with van der Waals surface area (Å²) in [5, 5.41) is 8.84. The molecule has 1 aliphatic heterocycles. The van der Waals surface area contributed by atoms with Crippen LogP contribution in [0.15, 0.2) is 46.8 Å². The molecule has 0 spiro atoms. The summed E-state index contributed by atoms with van der Waals surface area (Å²) < 4.78 is 0. The Labute approximate surface area is 159 Å². The molecule has 138 valence electrons. The van der Waals surface area contributed by atoms with Gasteiger partial charge in [-0.3, -0.25) is 9.79 Å². The van der Waals surface area contributed by atoms with Gasteiger partial charge in [-0.15, -0.1) is 11.3 Å². The first kappa shape index (κ1) is 18.5. The van der Waals surface area contributed by atoms with Gasteiger partial charge in [-0.1, -0.05) is 30.3 Å². The van der Waals surface area contributed by atoms with Gasteiger partial charge >= 0.3 is 0 Å². The molecule has 1 fully saturated rings. The minimum Gasteiger partial charge on any atom is -0.356 e. The van der Waals surface area contributed by atoms with Crippen LogP contribution in [0.4, 0.5) is 0 Å². The number of hydrogen-bond donors (Lipinski definition) is 2. The summed E-state index contributed by atoms with van der Waals surface area (Å²) in [6.45, 7) is 3.11. The fourth-order valence-electron chi connectivity index (χ4n) is 3.12. The molecule has 6 heteroatoms. The normalized spacial score (nSPS) is 14.7. The molecule has 0 unspecified atom stereocenters. The molecule has 26 heavy (non-hydrogen) atoms. The zero-order chi connectivity index (χ0) is 18.2. The molecular formula is C20H26N4OS. The van der Waals surface area contributed by atoms with Gasteiger partial charge in [-0.05, 0) is 35.4 Å². The molecule has 1 saturated heterocycles. The predicted molar refractivity (Wildman–Crippen MR) is 107 cm³/mol. The summed E-state index contributed by atoms with van der Waals surface area (Å²) >= 11 is 1.78. The lowest BCUT2D eigenvalue weighted by Gasteiger charge is -2.19. The van der Waals surface area contributed by atoms with Crippen molar-refractivity contribution in [3.8, 4) is 0 Å². The second kappa shape index (κ2) is 9.38. The smallest absolute Gasteiger partial charge is 0.222 e. The van der Waals surface area contributed by atoms with Gasteiger partial charge in [0.2, 0.25) is 5.91 Å². The highest BCUT2D eigenvalue weighted by Gasteiger charge is 2.20. The van der Waals surface area contributed by atoms with Crippen molar-refractivity contribution in [1.29, 1.82) is 0 Å². The van der Waals surface area contributed by atoms with E-state index in [4.69, 9.17) is 0 Å². The Hall–Kier alpha value is -2.34. The van der Waals surface area contributed by atoms with Crippen LogP contribution in [0.3, 0.4) is 0 Å². The number of aliphatic imine (C=N–C) groups is 1. The summed E-state index contributed by atoms with van der Waals surface area (Å²) in [4.78, 5) is 19.5. The van der Waals surface area contributed by atoms with Gasteiger partial charge in [-0.25, -0.2) is 0 Å². The van der Waals surface area contributed by atoms with Crippen LogP contribution < -0.4 is 10.6 Å². The molecule has 0 aliphatic carbocycles.